The maximum absolute atomic E-state index is 14.1. The summed E-state index contributed by atoms with van der Waals surface area (Å²) in [5.41, 5.74) is 1.88. The van der Waals surface area contributed by atoms with Gasteiger partial charge in [-0.15, -0.1) is 0 Å². The number of hydrogen-bond acceptors (Lipinski definition) is 4. The maximum atomic E-state index is 14.1. The predicted octanol–water partition coefficient (Wildman–Crippen LogP) is 6.19. The van der Waals surface area contributed by atoms with Gasteiger partial charge in [-0.3, -0.25) is 9.59 Å². The van der Waals surface area contributed by atoms with Crippen LogP contribution in [0.4, 0.5) is 8.78 Å². The van der Waals surface area contributed by atoms with Crippen molar-refractivity contribution in [2.45, 2.75) is 103 Å². The molecule has 0 radical (unpaired) electrons. The Balaban J connectivity index is 1.52. The molecule has 1 saturated carbocycles. The molecule has 8 heteroatoms. The molecule has 2 fully saturated rings. The highest BCUT2D eigenvalue weighted by atomic mass is 19.1. The highest BCUT2D eigenvalue weighted by molar-refractivity contribution is 6.00. The van der Waals surface area contributed by atoms with E-state index in [1.807, 2.05) is 20.8 Å². The Morgan fingerprint density at radius 2 is 1.56 bits per heavy atom. The van der Waals surface area contributed by atoms with Gasteiger partial charge in [0.05, 0.1) is 12.1 Å². The van der Waals surface area contributed by atoms with E-state index in [9.17, 15) is 23.5 Å². The van der Waals surface area contributed by atoms with Gasteiger partial charge in [0, 0.05) is 36.3 Å². The van der Waals surface area contributed by atoms with Crippen LogP contribution < -0.4 is 10.6 Å². The Hall–Kier alpha value is -2.84. The number of rotatable bonds is 12. The first-order valence-electron chi connectivity index (χ1n) is 16.3. The summed E-state index contributed by atoms with van der Waals surface area (Å²) in [6, 6.07) is 7.34. The topological polar surface area (TPSA) is 81.7 Å². The first-order chi connectivity index (χ1) is 20.7. The largest absolute Gasteiger partial charge is 0.389 e. The van der Waals surface area contributed by atoms with Crippen molar-refractivity contribution in [2.24, 2.45) is 11.8 Å². The van der Waals surface area contributed by atoms with Crippen LogP contribution in [-0.2, 0) is 6.42 Å². The second-order valence-corrected chi connectivity index (χ2v) is 12.7. The third-order valence-corrected chi connectivity index (χ3v) is 9.19. The molecule has 1 aliphatic heterocycles. The van der Waals surface area contributed by atoms with Crippen LogP contribution in [0, 0.1) is 30.4 Å². The van der Waals surface area contributed by atoms with Crippen molar-refractivity contribution in [3.63, 3.8) is 0 Å². The third kappa shape index (κ3) is 9.08. The van der Waals surface area contributed by atoms with Crippen LogP contribution >= 0.6 is 0 Å². The Morgan fingerprint density at radius 3 is 2.16 bits per heavy atom. The molecule has 1 heterocycles. The lowest BCUT2D eigenvalue weighted by atomic mass is 9.75. The molecule has 4 rings (SSSR count). The van der Waals surface area contributed by atoms with Gasteiger partial charge in [0.25, 0.3) is 11.8 Å². The number of nitrogens with one attached hydrogen (secondary N) is 2. The predicted molar refractivity (Wildman–Crippen MR) is 166 cm³/mol. The number of piperidine rings is 1. The highest BCUT2D eigenvalue weighted by Crippen LogP contribution is 2.34. The lowest BCUT2D eigenvalue weighted by molar-refractivity contribution is 0.0535. The van der Waals surface area contributed by atoms with E-state index in [1.165, 1.54) is 44.2 Å². The number of nitrogens with zero attached hydrogens (tertiary/aromatic N) is 1. The van der Waals surface area contributed by atoms with Gasteiger partial charge >= 0.3 is 0 Å². The highest BCUT2D eigenvalue weighted by Gasteiger charge is 2.35. The molecule has 0 aromatic heterocycles. The minimum absolute atomic E-state index is 0.0597. The van der Waals surface area contributed by atoms with Crippen molar-refractivity contribution in [3.05, 3.63) is 70.3 Å². The number of aryl methyl sites for hydroxylation is 1. The molecule has 43 heavy (non-hydrogen) atoms. The normalized spacial score (nSPS) is 20.8. The lowest BCUT2D eigenvalue weighted by Gasteiger charge is -2.40. The van der Waals surface area contributed by atoms with E-state index in [0.29, 0.717) is 41.6 Å². The molecule has 1 aliphatic carbocycles. The van der Waals surface area contributed by atoms with Crippen molar-refractivity contribution in [2.75, 3.05) is 19.6 Å². The Morgan fingerprint density at radius 1 is 0.907 bits per heavy atom. The van der Waals surface area contributed by atoms with Crippen LogP contribution in [0.3, 0.4) is 0 Å². The zero-order chi connectivity index (χ0) is 30.9. The van der Waals surface area contributed by atoms with E-state index in [-0.39, 0.29) is 18.4 Å². The molecular weight excluding hydrogens is 548 g/mol. The summed E-state index contributed by atoms with van der Waals surface area (Å²) in [7, 11) is 0. The van der Waals surface area contributed by atoms with Crippen LogP contribution in [0.2, 0.25) is 0 Å². The summed E-state index contributed by atoms with van der Waals surface area (Å²) >= 11 is 0. The van der Waals surface area contributed by atoms with Crippen LogP contribution in [-0.4, -0.2) is 59.6 Å². The van der Waals surface area contributed by atoms with Gasteiger partial charge in [0.1, 0.15) is 11.6 Å². The average molecular weight is 598 g/mol. The summed E-state index contributed by atoms with van der Waals surface area (Å²) in [6.07, 6.45) is 8.93. The molecule has 6 nitrogen and oxygen atoms in total. The van der Waals surface area contributed by atoms with Crippen LogP contribution in [0.1, 0.15) is 103 Å². The van der Waals surface area contributed by atoms with Gasteiger partial charge in [-0.1, -0.05) is 46.0 Å². The molecule has 3 unspecified atom stereocenters. The van der Waals surface area contributed by atoms with E-state index in [1.54, 1.807) is 23.1 Å². The lowest BCUT2D eigenvalue weighted by Crippen LogP contribution is -2.56. The average Bonchev–Trinajstić information content (AvgIpc) is 2.99. The quantitative estimate of drug-likeness (QED) is 0.273. The Kier molecular flexibility index (Phi) is 12.1. The summed E-state index contributed by atoms with van der Waals surface area (Å²) in [6.45, 7) is 7.98. The van der Waals surface area contributed by atoms with Gasteiger partial charge in [0.15, 0.2) is 0 Å². The molecule has 4 atom stereocenters. The molecule has 2 aromatic carbocycles. The number of aliphatic hydroxyl groups is 1. The second kappa shape index (κ2) is 15.8. The summed E-state index contributed by atoms with van der Waals surface area (Å²) in [5.74, 6) is -0.664. The summed E-state index contributed by atoms with van der Waals surface area (Å²) in [4.78, 5) is 28.8. The fraction of sp³-hybridized carbons (Fsp3) is 0.600. The van der Waals surface area contributed by atoms with Crippen molar-refractivity contribution in [1.82, 2.24) is 15.5 Å². The number of aliphatic hydroxyl groups excluding tert-OH is 1. The standard InChI is InChI=1S/C35H49F2N3O3/c1-4-13-40(14-5-2)35(43)28-16-23(3)15-27(20-28)34(42)39-32(19-24-17-29(36)21-30(37)18-24)33(41)31-12-11-26(22-38-31)25-9-7-6-8-10-25/h15-18,20-21,25-26,31-33,38,41H,4-14,19,22H2,1-3H3,(H,39,42)/t26?,31?,32-,33?/m0/s1. The SMILES string of the molecule is CCCN(CCC)C(=O)c1cc(C)cc(C(=O)N[C@@H](Cc2cc(F)cc(F)c2)C(O)C2CCC(C3CCCCC3)CN2)c1. The van der Waals surface area contributed by atoms with Crippen LogP contribution in [0.5, 0.6) is 0 Å². The molecule has 0 spiro atoms. The van der Waals surface area contributed by atoms with E-state index in [0.717, 1.165) is 43.9 Å². The van der Waals surface area contributed by atoms with Crippen LogP contribution in [0.15, 0.2) is 36.4 Å². The van der Waals surface area contributed by atoms with Gasteiger partial charge in [-0.2, -0.15) is 0 Å². The fourth-order valence-electron chi connectivity index (χ4n) is 7.05. The van der Waals surface area contributed by atoms with E-state index in [4.69, 9.17) is 0 Å². The van der Waals surface area contributed by atoms with Gasteiger partial charge < -0.3 is 20.6 Å². The number of hydrogen-bond donors (Lipinski definition) is 3. The van der Waals surface area contributed by atoms with E-state index >= 15 is 0 Å². The smallest absolute Gasteiger partial charge is 0.253 e. The summed E-state index contributed by atoms with van der Waals surface area (Å²) in [5, 5.41) is 18.1. The zero-order valence-corrected chi connectivity index (χ0v) is 26.0. The summed E-state index contributed by atoms with van der Waals surface area (Å²) < 4.78 is 28.2. The number of halogens is 2. The van der Waals surface area contributed by atoms with Gasteiger partial charge in [-0.25, -0.2) is 8.78 Å². The molecule has 1 saturated heterocycles. The number of benzene rings is 2. The van der Waals surface area contributed by atoms with Gasteiger partial charge in [0.2, 0.25) is 0 Å². The number of carbonyl (C=O) groups excluding carboxylic acids is 2. The molecule has 236 valence electrons. The van der Waals surface area contributed by atoms with Crippen molar-refractivity contribution >= 4 is 11.8 Å². The first-order valence-corrected chi connectivity index (χ1v) is 16.3. The zero-order valence-electron chi connectivity index (χ0n) is 26.0. The second-order valence-electron chi connectivity index (χ2n) is 12.7. The number of carbonyl (C=O) groups is 2. The van der Waals surface area contributed by atoms with E-state index < -0.39 is 29.7 Å². The monoisotopic (exact) mass is 597 g/mol. The minimum atomic E-state index is -0.974. The fourth-order valence-corrected chi connectivity index (χ4v) is 7.05. The molecular formula is C35H49F2N3O3. The first kappa shape index (κ1) is 33.1. The Labute approximate surface area is 255 Å². The molecule has 2 aliphatic rings. The molecule has 3 N–H and O–H groups in total. The van der Waals surface area contributed by atoms with Crippen molar-refractivity contribution in [3.8, 4) is 0 Å². The number of amides is 2. The Bertz CT molecular complexity index is 1200. The molecule has 0 bridgehead atoms. The third-order valence-electron chi connectivity index (χ3n) is 9.19. The molecule has 2 amide bonds. The minimum Gasteiger partial charge on any atom is -0.389 e. The molecule has 2 aromatic rings. The maximum Gasteiger partial charge on any atom is 0.253 e. The van der Waals surface area contributed by atoms with Crippen molar-refractivity contribution < 1.29 is 23.5 Å². The van der Waals surface area contributed by atoms with Crippen molar-refractivity contribution in [1.29, 1.82) is 0 Å². The van der Waals surface area contributed by atoms with Crippen LogP contribution in [0.25, 0.3) is 0 Å². The van der Waals surface area contributed by atoms with E-state index in [2.05, 4.69) is 10.6 Å². The van der Waals surface area contributed by atoms with Gasteiger partial charge in [-0.05, 0) is 98.9 Å².